The largest absolute Gasteiger partial charge is 0.501 e. The number of Topliss-reactive ketones (excluding diaryl/α,β-unsaturated/α-hetero) is 1. The summed E-state index contributed by atoms with van der Waals surface area (Å²) in [7, 11) is 1.62. The summed E-state index contributed by atoms with van der Waals surface area (Å²) in [6.07, 6.45) is 4.21. The third-order valence-corrected chi connectivity index (χ3v) is 4.42. The average molecular weight is 337 g/mol. The lowest BCUT2D eigenvalue weighted by molar-refractivity contribution is 0.101. The summed E-state index contributed by atoms with van der Waals surface area (Å²) >= 11 is 12.7. The highest BCUT2D eigenvalue weighted by molar-refractivity contribution is 6.38. The molecule has 0 aromatic carbocycles. The van der Waals surface area contributed by atoms with Gasteiger partial charge in [-0.25, -0.2) is 4.98 Å². The van der Waals surface area contributed by atoms with Gasteiger partial charge >= 0.3 is 0 Å². The fourth-order valence-electron chi connectivity index (χ4n) is 2.76. The fourth-order valence-corrected chi connectivity index (χ4v) is 3.40. The van der Waals surface area contributed by atoms with E-state index in [0.29, 0.717) is 22.3 Å². The Balaban J connectivity index is 2.32. The Morgan fingerprint density at radius 3 is 2.82 bits per heavy atom. The zero-order valence-corrected chi connectivity index (χ0v) is 13.7. The standard InChI is InChI=1S/C16H14Cl2N2O2/c1-9(21)13-12-8-10(22-2)5-7-20(12)15(14(13)17)11-4-3-6-19-16(11)18/h3-4,6,8H,5,7H2,1-2H3. The van der Waals surface area contributed by atoms with Gasteiger partial charge < -0.3 is 9.30 Å². The van der Waals surface area contributed by atoms with Crippen molar-refractivity contribution in [2.24, 2.45) is 0 Å². The molecule has 0 bridgehead atoms. The van der Waals surface area contributed by atoms with E-state index in [4.69, 9.17) is 27.9 Å². The highest BCUT2D eigenvalue weighted by Crippen LogP contribution is 2.41. The van der Waals surface area contributed by atoms with Gasteiger partial charge in [0.2, 0.25) is 0 Å². The number of aromatic nitrogens is 2. The molecule has 0 unspecified atom stereocenters. The fraction of sp³-hybridized carbons (Fsp3) is 0.250. The molecule has 0 saturated carbocycles. The van der Waals surface area contributed by atoms with Crippen LogP contribution < -0.4 is 0 Å². The third kappa shape index (κ3) is 2.32. The number of rotatable bonds is 3. The molecule has 0 aliphatic carbocycles. The first-order valence-electron chi connectivity index (χ1n) is 6.83. The van der Waals surface area contributed by atoms with Crippen molar-refractivity contribution in [3.63, 3.8) is 0 Å². The molecule has 0 fully saturated rings. The Morgan fingerprint density at radius 1 is 1.41 bits per heavy atom. The first-order valence-corrected chi connectivity index (χ1v) is 7.58. The molecule has 0 atom stereocenters. The number of pyridine rings is 1. The van der Waals surface area contributed by atoms with Gasteiger partial charge in [-0.15, -0.1) is 0 Å². The van der Waals surface area contributed by atoms with Crippen molar-refractivity contribution < 1.29 is 9.53 Å². The second-order valence-corrected chi connectivity index (χ2v) is 5.77. The van der Waals surface area contributed by atoms with Gasteiger partial charge in [-0.2, -0.15) is 0 Å². The van der Waals surface area contributed by atoms with E-state index < -0.39 is 0 Å². The maximum absolute atomic E-state index is 12.0. The van der Waals surface area contributed by atoms with Gasteiger partial charge in [0.25, 0.3) is 0 Å². The maximum Gasteiger partial charge on any atom is 0.163 e. The van der Waals surface area contributed by atoms with E-state index in [-0.39, 0.29) is 5.78 Å². The molecule has 1 aliphatic rings. The molecule has 0 amide bonds. The molecule has 3 heterocycles. The van der Waals surface area contributed by atoms with E-state index in [1.807, 2.05) is 16.7 Å². The number of hydrogen-bond donors (Lipinski definition) is 0. The van der Waals surface area contributed by atoms with Gasteiger partial charge in [-0.3, -0.25) is 4.79 Å². The number of methoxy groups -OCH3 is 1. The van der Waals surface area contributed by atoms with Crippen LogP contribution in [0.25, 0.3) is 17.3 Å². The van der Waals surface area contributed by atoms with Crippen LogP contribution in [0, 0.1) is 0 Å². The predicted octanol–water partition coefficient (Wildman–Crippen LogP) is 4.45. The lowest BCUT2D eigenvalue weighted by Gasteiger charge is -2.18. The third-order valence-electron chi connectivity index (χ3n) is 3.75. The molecule has 4 nitrogen and oxygen atoms in total. The van der Waals surface area contributed by atoms with Crippen molar-refractivity contribution in [1.29, 1.82) is 0 Å². The van der Waals surface area contributed by atoms with Crippen molar-refractivity contribution in [2.45, 2.75) is 19.9 Å². The topological polar surface area (TPSA) is 44.1 Å². The van der Waals surface area contributed by atoms with E-state index in [9.17, 15) is 4.79 Å². The minimum absolute atomic E-state index is 0.0892. The minimum atomic E-state index is -0.0892. The number of hydrogen-bond acceptors (Lipinski definition) is 3. The van der Waals surface area contributed by atoms with Crippen LogP contribution in [0.2, 0.25) is 10.2 Å². The van der Waals surface area contributed by atoms with Gasteiger partial charge in [0.05, 0.1) is 34.8 Å². The second kappa shape index (κ2) is 5.78. The van der Waals surface area contributed by atoms with Crippen LogP contribution in [-0.4, -0.2) is 22.4 Å². The summed E-state index contributed by atoms with van der Waals surface area (Å²) in [5.74, 6) is 0.738. The normalized spacial score (nSPS) is 13.5. The maximum atomic E-state index is 12.0. The van der Waals surface area contributed by atoms with Crippen molar-refractivity contribution in [3.8, 4) is 11.3 Å². The summed E-state index contributed by atoms with van der Waals surface area (Å²) in [6, 6.07) is 3.65. The number of ether oxygens (including phenoxy) is 1. The van der Waals surface area contributed by atoms with Gasteiger partial charge in [0.15, 0.2) is 5.78 Å². The van der Waals surface area contributed by atoms with Crippen LogP contribution in [0.4, 0.5) is 0 Å². The molecule has 6 heteroatoms. The zero-order valence-electron chi connectivity index (χ0n) is 12.2. The number of carbonyl (C=O) groups is 1. The van der Waals surface area contributed by atoms with Crippen LogP contribution in [0.3, 0.4) is 0 Å². The Kier molecular flexibility index (Phi) is 3.98. The molecule has 2 aromatic heterocycles. The van der Waals surface area contributed by atoms with Crippen LogP contribution >= 0.6 is 23.2 Å². The van der Waals surface area contributed by atoms with E-state index >= 15 is 0 Å². The van der Waals surface area contributed by atoms with Crippen molar-refractivity contribution in [2.75, 3.05) is 7.11 Å². The molecule has 0 spiro atoms. The average Bonchev–Trinajstić information content (AvgIpc) is 2.79. The van der Waals surface area contributed by atoms with Gasteiger partial charge in [0.1, 0.15) is 5.15 Å². The van der Waals surface area contributed by atoms with E-state index in [2.05, 4.69) is 4.98 Å². The Morgan fingerprint density at radius 2 is 2.18 bits per heavy atom. The molecule has 3 rings (SSSR count). The summed E-state index contributed by atoms with van der Waals surface area (Å²) < 4.78 is 7.32. The number of allylic oxidation sites excluding steroid dienone is 1. The lowest BCUT2D eigenvalue weighted by Crippen LogP contribution is -2.10. The molecule has 1 aliphatic heterocycles. The molecule has 114 valence electrons. The Bertz CT molecular complexity index is 794. The predicted molar refractivity (Wildman–Crippen MR) is 87.3 cm³/mol. The van der Waals surface area contributed by atoms with Crippen molar-refractivity contribution in [3.05, 3.63) is 45.5 Å². The van der Waals surface area contributed by atoms with Crippen LogP contribution in [-0.2, 0) is 11.3 Å². The van der Waals surface area contributed by atoms with Crippen LogP contribution in [0.5, 0.6) is 0 Å². The quantitative estimate of drug-likeness (QED) is 0.614. The number of ketones is 1. The van der Waals surface area contributed by atoms with Crippen molar-refractivity contribution >= 4 is 35.1 Å². The van der Waals surface area contributed by atoms with E-state index in [1.165, 1.54) is 6.92 Å². The molecular formula is C16H14Cl2N2O2. The number of carbonyl (C=O) groups excluding carboxylic acids is 1. The van der Waals surface area contributed by atoms with Crippen LogP contribution in [0.15, 0.2) is 24.1 Å². The molecule has 0 radical (unpaired) electrons. The highest BCUT2D eigenvalue weighted by Gasteiger charge is 2.27. The number of halogens is 2. The first-order chi connectivity index (χ1) is 10.5. The second-order valence-electron chi connectivity index (χ2n) is 5.04. The van der Waals surface area contributed by atoms with Crippen LogP contribution in [0.1, 0.15) is 29.4 Å². The SMILES string of the molecule is COC1=Cc2c(C(C)=O)c(Cl)c(-c3cccnc3Cl)n2CC1. The number of nitrogens with zero attached hydrogens (tertiary/aromatic N) is 2. The van der Waals surface area contributed by atoms with Gasteiger partial charge in [-0.1, -0.05) is 23.2 Å². The lowest BCUT2D eigenvalue weighted by atomic mass is 10.1. The summed E-state index contributed by atoms with van der Waals surface area (Å²) in [5, 5.41) is 0.771. The smallest absolute Gasteiger partial charge is 0.163 e. The molecular weight excluding hydrogens is 323 g/mol. The summed E-state index contributed by atoms with van der Waals surface area (Å²) in [6.45, 7) is 2.17. The summed E-state index contributed by atoms with van der Waals surface area (Å²) in [5.41, 5.74) is 2.70. The van der Waals surface area contributed by atoms with Gasteiger partial charge in [-0.05, 0) is 19.1 Å². The minimum Gasteiger partial charge on any atom is -0.501 e. The number of fused-ring (bicyclic) bond motifs is 1. The Labute approximate surface area is 138 Å². The molecule has 0 N–H and O–H groups in total. The zero-order chi connectivity index (χ0) is 15.9. The monoisotopic (exact) mass is 336 g/mol. The molecule has 22 heavy (non-hydrogen) atoms. The van der Waals surface area contributed by atoms with Crippen molar-refractivity contribution in [1.82, 2.24) is 9.55 Å². The molecule has 0 saturated heterocycles. The van der Waals surface area contributed by atoms with E-state index in [0.717, 1.165) is 29.1 Å². The first kappa shape index (κ1) is 15.1. The van der Waals surface area contributed by atoms with Gasteiger partial charge in [0, 0.05) is 30.8 Å². The van der Waals surface area contributed by atoms with E-state index in [1.54, 1.807) is 19.4 Å². The highest BCUT2D eigenvalue weighted by atomic mass is 35.5. The Hall–Kier alpha value is -1.78. The molecule has 2 aromatic rings. The summed E-state index contributed by atoms with van der Waals surface area (Å²) in [4.78, 5) is 16.1.